The van der Waals surface area contributed by atoms with Gasteiger partial charge in [0.1, 0.15) is 11.5 Å². The number of methoxy groups -OCH3 is 2. The highest BCUT2D eigenvalue weighted by atomic mass is 32.2. The molecular formula is C23H24N4O5S. The lowest BCUT2D eigenvalue weighted by Gasteiger charge is -2.08. The van der Waals surface area contributed by atoms with Crippen LogP contribution in [0.25, 0.3) is 0 Å². The number of hydrogen-bond acceptors (Lipinski definition) is 7. The van der Waals surface area contributed by atoms with Crippen LogP contribution in [0.5, 0.6) is 11.5 Å². The number of aromatic amines is 1. The molecule has 9 nitrogen and oxygen atoms in total. The Balaban J connectivity index is 1.53. The lowest BCUT2D eigenvalue weighted by atomic mass is 10.2. The largest absolute Gasteiger partial charge is 0.497 e. The standard InChI is InChI=1S/C23H24N4O5S/c1-31-18-7-3-5-15(9-18)13-24-20(28)11-17-12-21(29)27-23(26-17)33-14-22(30)25-16-6-4-8-19(10-16)32-2/h3-10,12H,11,13-14H2,1-2H3,(H,24,28)(H,25,30)(H,26,27,29). The summed E-state index contributed by atoms with van der Waals surface area (Å²) in [4.78, 5) is 43.4. The molecule has 0 radical (unpaired) electrons. The molecule has 0 aliphatic heterocycles. The van der Waals surface area contributed by atoms with E-state index in [0.29, 0.717) is 29.4 Å². The number of benzene rings is 2. The predicted octanol–water partition coefficient (Wildman–Crippen LogP) is 2.38. The molecule has 0 spiro atoms. The number of amides is 2. The summed E-state index contributed by atoms with van der Waals surface area (Å²) in [7, 11) is 3.12. The van der Waals surface area contributed by atoms with Crippen molar-refractivity contribution >= 4 is 29.3 Å². The first-order chi connectivity index (χ1) is 15.9. The monoisotopic (exact) mass is 468 g/mol. The van der Waals surface area contributed by atoms with Crippen molar-refractivity contribution in [2.75, 3.05) is 25.3 Å². The van der Waals surface area contributed by atoms with Gasteiger partial charge in [-0.15, -0.1) is 0 Å². The number of hydrogen-bond donors (Lipinski definition) is 3. The average Bonchev–Trinajstić information content (AvgIpc) is 2.81. The minimum absolute atomic E-state index is 0.0334. The summed E-state index contributed by atoms with van der Waals surface area (Å²) in [5.74, 6) is 0.824. The molecule has 0 saturated carbocycles. The summed E-state index contributed by atoms with van der Waals surface area (Å²) < 4.78 is 10.3. The molecule has 1 aromatic heterocycles. The molecule has 172 valence electrons. The lowest BCUT2D eigenvalue weighted by molar-refractivity contribution is -0.120. The zero-order chi connectivity index (χ0) is 23.6. The molecule has 0 saturated heterocycles. The average molecular weight is 469 g/mol. The van der Waals surface area contributed by atoms with Crippen molar-refractivity contribution in [3.63, 3.8) is 0 Å². The van der Waals surface area contributed by atoms with Crippen LogP contribution in [0.3, 0.4) is 0 Å². The second-order valence-electron chi connectivity index (χ2n) is 6.92. The Morgan fingerprint density at radius 1 is 1.00 bits per heavy atom. The molecule has 0 aliphatic rings. The van der Waals surface area contributed by atoms with Crippen LogP contribution in [0.2, 0.25) is 0 Å². The van der Waals surface area contributed by atoms with Crippen molar-refractivity contribution in [2.24, 2.45) is 0 Å². The summed E-state index contributed by atoms with van der Waals surface area (Å²) in [6.07, 6.45) is -0.0581. The van der Waals surface area contributed by atoms with E-state index in [1.165, 1.54) is 6.07 Å². The third-order valence-corrected chi connectivity index (χ3v) is 5.31. The van der Waals surface area contributed by atoms with E-state index in [9.17, 15) is 14.4 Å². The van der Waals surface area contributed by atoms with Crippen LogP contribution in [0.4, 0.5) is 5.69 Å². The minimum Gasteiger partial charge on any atom is -0.497 e. The fourth-order valence-corrected chi connectivity index (χ4v) is 3.58. The van der Waals surface area contributed by atoms with E-state index < -0.39 is 5.56 Å². The third-order valence-electron chi connectivity index (χ3n) is 4.43. The number of ether oxygens (including phenoxy) is 2. The van der Waals surface area contributed by atoms with Crippen LogP contribution < -0.4 is 25.7 Å². The van der Waals surface area contributed by atoms with Crippen LogP contribution >= 0.6 is 11.8 Å². The fourth-order valence-electron chi connectivity index (χ4n) is 2.88. The van der Waals surface area contributed by atoms with Crippen LogP contribution in [-0.2, 0) is 22.6 Å². The summed E-state index contributed by atoms with van der Waals surface area (Å²) >= 11 is 1.07. The second kappa shape index (κ2) is 11.7. The first kappa shape index (κ1) is 23.9. The summed E-state index contributed by atoms with van der Waals surface area (Å²) in [5, 5.41) is 5.82. The van der Waals surface area contributed by atoms with E-state index in [1.807, 2.05) is 24.3 Å². The quantitative estimate of drug-likeness (QED) is 0.308. The second-order valence-corrected chi connectivity index (χ2v) is 7.88. The van der Waals surface area contributed by atoms with Gasteiger partial charge in [-0.05, 0) is 29.8 Å². The Morgan fingerprint density at radius 3 is 2.48 bits per heavy atom. The number of aromatic nitrogens is 2. The smallest absolute Gasteiger partial charge is 0.251 e. The first-order valence-electron chi connectivity index (χ1n) is 10.0. The van der Waals surface area contributed by atoms with Crippen LogP contribution in [-0.4, -0.2) is 41.8 Å². The van der Waals surface area contributed by atoms with E-state index in [0.717, 1.165) is 17.3 Å². The molecule has 0 fully saturated rings. The predicted molar refractivity (Wildman–Crippen MR) is 126 cm³/mol. The molecule has 0 bridgehead atoms. The number of rotatable bonds is 10. The van der Waals surface area contributed by atoms with E-state index in [-0.39, 0.29) is 29.1 Å². The molecule has 3 aromatic rings. The van der Waals surface area contributed by atoms with Gasteiger partial charge in [0.2, 0.25) is 11.8 Å². The minimum atomic E-state index is -0.392. The van der Waals surface area contributed by atoms with Crippen LogP contribution in [0.1, 0.15) is 11.3 Å². The van der Waals surface area contributed by atoms with E-state index in [2.05, 4.69) is 20.6 Å². The number of carbonyl (C=O) groups excluding carboxylic acids is 2. The lowest BCUT2D eigenvalue weighted by Crippen LogP contribution is -2.26. The SMILES string of the molecule is COc1cccc(CNC(=O)Cc2cc(=O)[nH]c(SCC(=O)Nc3cccc(OC)c3)n2)c1. The highest BCUT2D eigenvalue weighted by Crippen LogP contribution is 2.18. The number of nitrogens with zero attached hydrogens (tertiary/aromatic N) is 1. The Kier molecular flexibility index (Phi) is 8.48. The topological polar surface area (TPSA) is 122 Å². The molecule has 3 N–H and O–H groups in total. The molecule has 2 amide bonds. The molecule has 0 aliphatic carbocycles. The van der Waals surface area contributed by atoms with Gasteiger partial charge < -0.3 is 25.1 Å². The van der Waals surface area contributed by atoms with Gasteiger partial charge in [0.05, 0.1) is 32.1 Å². The maximum absolute atomic E-state index is 12.3. The molecule has 2 aromatic carbocycles. The number of thioether (sulfide) groups is 1. The summed E-state index contributed by atoms with van der Waals surface area (Å²) in [6.45, 7) is 0.325. The summed E-state index contributed by atoms with van der Waals surface area (Å²) in [6, 6.07) is 15.6. The van der Waals surface area contributed by atoms with Gasteiger partial charge in [0, 0.05) is 24.4 Å². The highest BCUT2D eigenvalue weighted by Gasteiger charge is 2.10. The van der Waals surface area contributed by atoms with E-state index in [4.69, 9.17) is 9.47 Å². The van der Waals surface area contributed by atoms with Crippen molar-refractivity contribution in [3.8, 4) is 11.5 Å². The van der Waals surface area contributed by atoms with Gasteiger partial charge in [-0.25, -0.2) is 4.98 Å². The maximum atomic E-state index is 12.3. The molecule has 10 heteroatoms. The maximum Gasteiger partial charge on any atom is 0.251 e. The molecule has 0 atom stereocenters. The van der Waals surface area contributed by atoms with Crippen molar-refractivity contribution in [1.29, 1.82) is 0 Å². The summed E-state index contributed by atoms with van der Waals surface area (Å²) in [5.41, 5.74) is 1.41. The van der Waals surface area contributed by atoms with Gasteiger partial charge in [-0.3, -0.25) is 14.4 Å². The Hall–Kier alpha value is -3.79. The third kappa shape index (κ3) is 7.69. The van der Waals surface area contributed by atoms with Gasteiger partial charge in [-0.2, -0.15) is 0 Å². The van der Waals surface area contributed by atoms with Gasteiger partial charge >= 0.3 is 0 Å². The number of H-pyrrole nitrogens is 1. The Bertz CT molecular complexity index is 1180. The molecule has 0 unspecified atom stereocenters. The van der Waals surface area contributed by atoms with E-state index >= 15 is 0 Å². The van der Waals surface area contributed by atoms with Crippen LogP contribution in [0, 0.1) is 0 Å². The molecular weight excluding hydrogens is 444 g/mol. The fraction of sp³-hybridized carbons (Fsp3) is 0.217. The Labute approximate surface area is 194 Å². The number of carbonyl (C=O) groups is 2. The molecule has 33 heavy (non-hydrogen) atoms. The zero-order valence-corrected chi connectivity index (χ0v) is 19.0. The molecule has 3 rings (SSSR count). The first-order valence-corrected chi connectivity index (χ1v) is 11.0. The van der Waals surface area contributed by atoms with Gasteiger partial charge in [0.25, 0.3) is 5.56 Å². The van der Waals surface area contributed by atoms with Gasteiger partial charge in [-0.1, -0.05) is 30.0 Å². The van der Waals surface area contributed by atoms with Crippen molar-refractivity contribution in [3.05, 3.63) is 76.2 Å². The van der Waals surface area contributed by atoms with Crippen molar-refractivity contribution in [1.82, 2.24) is 15.3 Å². The molecule has 1 heterocycles. The Morgan fingerprint density at radius 2 is 1.73 bits per heavy atom. The normalized spacial score (nSPS) is 10.4. The van der Waals surface area contributed by atoms with Crippen molar-refractivity contribution in [2.45, 2.75) is 18.1 Å². The van der Waals surface area contributed by atoms with E-state index in [1.54, 1.807) is 38.5 Å². The number of anilines is 1. The van der Waals surface area contributed by atoms with Crippen molar-refractivity contribution < 1.29 is 19.1 Å². The number of nitrogens with one attached hydrogen (secondary N) is 3. The van der Waals surface area contributed by atoms with Gasteiger partial charge in [0.15, 0.2) is 5.16 Å². The van der Waals surface area contributed by atoms with Crippen LogP contribution in [0.15, 0.2) is 64.5 Å². The highest BCUT2D eigenvalue weighted by molar-refractivity contribution is 7.99. The zero-order valence-electron chi connectivity index (χ0n) is 18.2.